The quantitative estimate of drug-likeness (QED) is 0.852. The van der Waals surface area contributed by atoms with E-state index in [-0.39, 0.29) is 12.0 Å². The van der Waals surface area contributed by atoms with Gasteiger partial charge in [0.1, 0.15) is 23.5 Å². The molecule has 0 fully saturated rings. The number of fused-ring (bicyclic) bond motifs is 1. The number of hydrogen-bond acceptors (Lipinski definition) is 2. The van der Waals surface area contributed by atoms with Gasteiger partial charge in [-0.2, -0.15) is 0 Å². The van der Waals surface area contributed by atoms with Crippen molar-refractivity contribution >= 4 is 0 Å². The third-order valence-electron chi connectivity index (χ3n) is 3.31. The smallest absolute Gasteiger partial charge is 0.133 e. The molecule has 2 aromatic rings. The monoisotopic (exact) mass is 262 g/mol. The van der Waals surface area contributed by atoms with Crippen molar-refractivity contribution in [1.82, 2.24) is 0 Å². The lowest BCUT2D eigenvalue weighted by Gasteiger charge is -2.30. The number of ether oxygens (including phenoxy) is 1. The van der Waals surface area contributed by atoms with Crippen molar-refractivity contribution in [2.24, 2.45) is 0 Å². The summed E-state index contributed by atoms with van der Waals surface area (Å²) in [6, 6.07) is 10.7. The van der Waals surface area contributed by atoms with Crippen LogP contribution < -0.4 is 4.74 Å². The Bertz CT molecular complexity index is 593. The van der Waals surface area contributed by atoms with Crippen LogP contribution in [-0.2, 0) is 0 Å². The average molecular weight is 262 g/mol. The van der Waals surface area contributed by atoms with Crippen LogP contribution in [0.15, 0.2) is 42.5 Å². The highest BCUT2D eigenvalue weighted by Crippen LogP contribution is 2.41. The number of aliphatic hydroxyl groups excluding tert-OH is 1. The molecule has 0 radical (unpaired) electrons. The van der Waals surface area contributed by atoms with Crippen LogP contribution in [0.25, 0.3) is 0 Å². The predicted octanol–water partition coefficient (Wildman–Crippen LogP) is 3.52. The summed E-state index contributed by atoms with van der Waals surface area (Å²) >= 11 is 0. The normalized spacial score (nSPS) is 21.6. The van der Waals surface area contributed by atoms with Gasteiger partial charge in [-0.25, -0.2) is 8.78 Å². The first-order valence-electron chi connectivity index (χ1n) is 6.04. The van der Waals surface area contributed by atoms with Gasteiger partial charge in [0.25, 0.3) is 0 Å². The largest absolute Gasteiger partial charge is 0.485 e. The van der Waals surface area contributed by atoms with E-state index in [1.165, 1.54) is 18.2 Å². The van der Waals surface area contributed by atoms with E-state index in [1.54, 1.807) is 24.3 Å². The molecule has 19 heavy (non-hydrogen) atoms. The highest BCUT2D eigenvalue weighted by molar-refractivity contribution is 5.38. The first-order valence-corrected chi connectivity index (χ1v) is 6.04. The molecule has 0 spiro atoms. The Morgan fingerprint density at radius 1 is 1.00 bits per heavy atom. The molecule has 98 valence electrons. The van der Waals surface area contributed by atoms with Crippen LogP contribution in [0.2, 0.25) is 0 Å². The molecule has 0 aromatic heterocycles. The molecule has 2 nitrogen and oxygen atoms in total. The van der Waals surface area contributed by atoms with Crippen LogP contribution >= 0.6 is 0 Å². The molecule has 2 atom stereocenters. The summed E-state index contributed by atoms with van der Waals surface area (Å²) in [4.78, 5) is 0. The molecule has 1 aliphatic heterocycles. The summed E-state index contributed by atoms with van der Waals surface area (Å²) in [5.41, 5.74) is 0.520. The number of halogens is 2. The summed E-state index contributed by atoms with van der Waals surface area (Å²) < 4.78 is 33.1. The van der Waals surface area contributed by atoms with Gasteiger partial charge >= 0.3 is 0 Å². The fourth-order valence-electron chi connectivity index (χ4n) is 2.39. The van der Waals surface area contributed by atoms with Gasteiger partial charge in [0.15, 0.2) is 0 Å². The lowest BCUT2D eigenvalue weighted by Crippen LogP contribution is -2.21. The van der Waals surface area contributed by atoms with Crippen molar-refractivity contribution in [2.45, 2.75) is 18.6 Å². The van der Waals surface area contributed by atoms with Crippen LogP contribution in [0.5, 0.6) is 5.75 Å². The molecule has 0 saturated heterocycles. The molecule has 2 aromatic carbocycles. The number of hydrogen-bond donors (Lipinski definition) is 1. The van der Waals surface area contributed by atoms with Crippen LogP contribution in [-0.4, -0.2) is 5.11 Å². The number of aliphatic hydroxyl groups is 1. The van der Waals surface area contributed by atoms with Gasteiger partial charge in [-0.3, -0.25) is 0 Å². The fraction of sp³-hybridized carbons (Fsp3) is 0.200. The minimum Gasteiger partial charge on any atom is -0.485 e. The van der Waals surface area contributed by atoms with Gasteiger partial charge in [0.2, 0.25) is 0 Å². The minimum atomic E-state index is -0.814. The van der Waals surface area contributed by atoms with E-state index in [4.69, 9.17) is 4.74 Å². The summed E-state index contributed by atoms with van der Waals surface area (Å²) in [6.45, 7) is 0. The van der Waals surface area contributed by atoms with E-state index in [2.05, 4.69) is 0 Å². The Kier molecular flexibility index (Phi) is 2.95. The van der Waals surface area contributed by atoms with Crippen molar-refractivity contribution in [1.29, 1.82) is 0 Å². The Morgan fingerprint density at radius 2 is 1.68 bits per heavy atom. The molecular weight excluding hydrogens is 250 g/mol. The summed E-state index contributed by atoms with van der Waals surface area (Å²) in [7, 11) is 0. The van der Waals surface area contributed by atoms with E-state index in [9.17, 15) is 13.9 Å². The Morgan fingerprint density at radius 3 is 2.42 bits per heavy atom. The molecule has 4 heteroatoms. The van der Waals surface area contributed by atoms with E-state index in [0.29, 0.717) is 11.3 Å². The summed E-state index contributed by atoms with van der Waals surface area (Å²) in [6.07, 6.45) is -1.46. The van der Waals surface area contributed by atoms with Crippen molar-refractivity contribution in [3.8, 4) is 5.75 Å². The fourth-order valence-corrected chi connectivity index (χ4v) is 2.39. The highest BCUT2D eigenvalue weighted by Gasteiger charge is 2.31. The SMILES string of the molecule is O[C@@H]1CC(c2c(F)cccc2F)Oc2ccccc21. The zero-order valence-electron chi connectivity index (χ0n) is 10.0. The molecule has 0 bridgehead atoms. The second-order valence-corrected chi connectivity index (χ2v) is 4.53. The Balaban J connectivity index is 2.02. The van der Waals surface area contributed by atoms with Crippen molar-refractivity contribution in [2.75, 3.05) is 0 Å². The molecular formula is C15H12F2O2. The molecule has 1 unspecified atom stereocenters. The number of benzene rings is 2. The molecule has 1 N–H and O–H groups in total. The van der Waals surface area contributed by atoms with E-state index in [1.807, 2.05) is 0 Å². The van der Waals surface area contributed by atoms with Crippen molar-refractivity contribution in [3.05, 3.63) is 65.2 Å². The maximum absolute atomic E-state index is 13.7. The van der Waals surface area contributed by atoms with E-state index < -0.39 is 23.8 Å². The zero-order chi connectivity index (χ0) is 13.4. The zero-order valence-corrected chi connectivity index (χ0v) is 10.0. The second-order valence-electron chi connectivity index (χ2n) is 4.53. The highest BCUT2D eigenvalue weighted by atomic mass is 19.1. The minimum absolute atomic E-state index is 0.129. The average Bonchev–Trinajstić information content (AvgIpc) is 2.38. The van der Waals surface area contributed by atoms with Gasteiger partial charge < -0.3 is 9.84 Å². The van der Waals surface area contributed by atoms with Crippen LogP contribution in [0.1, 0.15) is 29.8 Å². The Labute approximate surface area is 109 Å². The molecule has 1 aliphatic rings. The van der Waals surface area contributed by atoms with Gasteiger partial charge in [0.05, 0.1) is 11.7 Å². The molecule has 1 heterocycles. The van der Waals surface area contributed by atoms with Crippen LogP contribution in [0, 0.1) is 11.6 Å². The van der Waals surface area contributed by atoms with Crippen molar-refractivity contribution < 1.29 is 18.6 Å². The van der Waals surface area contributed by atoms with E-state index >= 15 is 0 Å². The summed E-state index contributed by atoms with van der Waals surface area (Å²) in [5.74, 6) is -0.845. The molecule has 0 amide bonds. The third kappa shape index (κ3) is 2.08. The van der Waals surface area contributed by atoms with Crippen LogP contribution in [0.4, 0.5) is 8.78 Å². The van der Waals surface area contributed by atoms with Gasteiger partial charge in [-0.15, -0.1) is 0 Å². The first kappa shape index (κ1) is 12.1. The lowest BCUT2D eigenvalue weighted by atomic mass is 9.94. The van der Waals surface area contributed by atoms with Gasteiger partial charge in [-0.05, 0) is 18.2 Å². The maximum Gasteiger partial charge on any atom is 0.133 e. The van der Waals surface area contributed by atoms with Crippen molar-refractivity contribution in [3.63, 3.8) is 0 Å². The predicted molar refractivity (Wildman–Crippen MR) is 65.7 cm³/mol. The lowest BCUT2D eigenvalue weighted by molar-refractivity contribution is 0.0621. The number of para-hydroxylation sites is 1. The number of rotatable bonds is 1. The summed E-state index contributed by atoms with van der Waals surface area (Å²) in [5, 5.41) is 10.0. The standard InChI is InChI=1S/C15H12F2O2/c16-10-5-3-6-11(17)15(10)14-8-12(18)9-4-1-2-7-13(9)19-14/h1-7,12,14,18H,8H2/t12-,14?/m1/s1. The molecule has 0 saturated carbocycles. The Hall–Kier alpha value is -1.94. The molecule has 0 aliphatic carbocycles. The maximum atomic E-state index is 13.7. The second kappa shape index (κ2) is 4.63. The first-order chi connectivity index (χ1) is 9.16. The molecule has 3 rings (SSSR count). The van der Waals surface area contributed by atoms with Gasteiger partial charge in [-0.1, -0.05) is 24.3 Å². The van der Waals surface area contributed by atoms with Gasteiger partial charge in [0, 0.05) is 12.0 Å². The third-order valence-corrected chi connectivity index (χ3v) is 3.31. The topological polar surface area (TPSA) is 29.5 Å². The van der Waals surface area contributed by atoms with E-state index in [0.717, 1.165) is 0 Å². The van der Waals surface area contributed by atoms with Crippen LogP contribution in [0.3, 0.4) is 0 Å².